The Hall–Kier alpha value is -1.22. The minimum atomic E-state index is -1.27. The van der Waals surface area contributed by atoms with E-state index in [1.165, 1.54) is 0 Å². The lowest BCUT2D eigenvalue weighted by Gasteiger charge is -2.13. The number of aliphatic hydroxyl groups excluding tert-OH is 3. The largest absolute Gasteiger partial charge is 0.394 e. The van der Waals surface area contributed by atoms with E-state index in [4.69, 9.17) is 9.84 Å². The molecule has 1 aliphatic rings. The highest BCUT2D eigenvalue weighted by Gasteiger charge is 2.43. The van der Waals surface area contributed by atoms with Crippen molar-refractivity contribution in [3.8, 4) is 0 Å². The Bertz CT molecular complexity index is 388. The van der Waals surface area contributed by atoms with Gasteiger partial charge in [0.1, 0.15) is 24.6 Å². The van der Waals surface area contributed by atoms with Crippen molar-refractivity contribution in [2.75, 3.05) is 6.61 Å². The van der Waals surface area contributed by atoms with Crippen LogP contribution in [0.25, 0.3) is 0 Å². The Morgan fingerprint density at radius 2 is 2.27 bits per heavy atom. The first-order valence-corrected chi connectivity index (χ1v) is 4.39. The topological polar surface area (TPSA) is 121 Å². The molecule has 1 aromatic heterocycles. The molecule has 4 unspecified atom stereocenters. The molecule has 0 bridgehead atoms. The minimum absolute atomic E-state index is 0.429. The number of aromatic amines is 1. The molecule has 15 heavy (non-hydrogen) atoms. The van der Waals surface area contributed by atoms with Crippen LogP contribution in [0.4, 0.5) is 0 Å². The SMILES string of the molecule is O=c1[nH]ncn1C1OC(CO)C(O)C1O. The number of nitrogens with one attached hydrogen (secondary N) is 1. The Morgan fingerprint density at radius 3 is 2.73 bits per heavy atom. The van der Waals surface area contributed by atoms with Crippen molar-refractivity contribution in [3.63, 3.8) is 0 Å². The molecular weight excluding hydrogens is 206 g/mol. The zero-order valence-electron chi connectivity index (χ0n) is 7.65. The van der Waals surface area contributed by atoms with Gasteiger partial charge in [0.05, 0.1) is 6.61 Å². The Morgan fingerprint density at radius 1 is 1.53 bits per heavy atom. The van der Waals surface area contributed by atoms with Crippen LogP contribution in [0.1, 0.15) is 6.23 Å². The summed E-state index contributed by atoms with van der Waals surface area (Å²) in [4.78, 5) is 11.2. The second-order valence-corrected chi connectivity index (χ2v) is 3.30. The third-order valence-corrected chi connectivity index (χ3v) is 2.37. The zero-order valence-corrected chi connectivity index (χ0v) is 7.65. The fourth-order valence-corrected chi connectivity index (χ4v) is 1.55. The molecule has 2 heterocycles. The lowest BCUT2D eigenvalue weighted by molar-refractivity contribution is -0.0543. The van der Waals surface area contributed by atoms with E-state index in [0.717, 1.165) is 10.9 Å². The average molecular weight is 217 g/mol. The molecule has 0 aromatic carbocycles. The van der Waals surface area contributed by atoms with Crippen LogP contribution in [0.2, 0.25) is 0 Å². The highest BCUT2D eigenvalue weighted by Crippen LogP contribution is 2.27. The second-order valence-electron chi connectivity index (χ2n) is 3.30. The van der Waals surface area contributed by atoms with Crippen molar-refractivity contribution in [2.45, 2.75) is 24.5 Å². The molecule has 8 nitrogen and oxygen atoms in total. The van der Waals surface area contributed by atoms with Gasteiger partial charge < -0.3 is 20.1 Å². The maximum absolute atomic E-state index is 11.2. The number of nitrogens with zero attached hydrogens (tertiary/aromatic N) is 2. The van der Waals surface area contributed by atoms with Crippen molar-refractivity contribution in [1.29, 1.82) is 0 Å². The molecule has 1 fully saturated rings. The third kappa shape index (κ3) is 1.57. The summed E-state index contributed by atoms with van der Waals surface area (Å²) < 4.78 is 6.13. The lowest BCUT2D eigenvalue weighted by Crippen LogP contribution is -2.34. The molecule has 8 heteroatoms. The van der Waals surface area contributed by atoms with Crippen molar-refractivity contribution in [1.82, 2.24) is 14.8 Å². The summed E-state index contributed by atoms with van der Waals surface area (Å²) in [6.07, 6.45) is -3.25. The van der Waals surface area contributed by atoms with E-state index in [2.05, 4.69) is 10.2 Å². The molecule has 0 saturated carbocycles. The fourth-order valence-electron chi connectivity index (χ4n) is 1.55. The fraction of sp³-hybridized carbons (Fsp3) is 0.714. The predicted molar refractivity (Wildman–Crippen MR) is 45.9 cm³/mol. The Balaban J connectivity index is 2.26. The van der Waals surface area contributed by atoms with Crippen LogP contribution in [-0.2, 0) is 4.74 Å². The summed E-state index contributed by atoms with van der Waals surface area (Å²) in [7, 11) is 0. The van der Waals surface area contributed by atoms with Crippen molar-refractivity contribution in [2.24, 2.45) is 0 Å². The van der Waals surface area contributed by atoms with Crippen molar-refractivity contribution < 1.29 is 20.1 Å². The quantitative estimate of drug-likeness (QED) is 0.424. The molecule has 4 N–H and O–H groups in total. The second kappa shape index (κ2) is 3.74. The van der Waals surface area contributed by atoms with Crippen LogP contribution in [0.3, 0.4) is 0 Å². The van der Waals surface area contributed by atoms with Crippen LogP contribution in [-0.4, -0.2) is 55.0 Å². The standard InChI is InChI=1S/C7H11N3O5/c11-1-3-4(12)5(13)6(15-3)10-2-8-9-7(10)14/h2-6,11-13H,1H2,(H,9,14). The smallest absolute Gasteiger partial charge is 0.345 e. The maximum Gasteiger partial charge on any atom is 0.345 e. The number of H-pyrrole nitrogens is 1. The van der Waals surface area contributed by atoms with E-state index in [9.17, 15) is 15.0 Å². The highest BCUT2D eigenvalue weighted by molar-refractivity contribution is 4.89. The summed E-state index contributed by atoms with van der Waals surface area (Å²) in [5.41, 5.74) is -0.551. The molecule has 1 aromatic rings. The summed E-state index contributed by atoms with van der Waals surface area (Å²) in [6, 6.07) is 0. The van der Waals surface area contributed by atoms with Crippen LogP contribution in [0.15, 0.2) is 11.1 Å². The summed E-state index contributed by atoms with van der Waals surface area (Å²) in [5.74, 6) is 0. The predicted octanol–water partition coefficient (Wildman–Crippen LogP) is -2.82. The molecule has 2 rings (SSSR count). The number of ether oxygens (including phenoxy) is 1. The molecule has 4 atom stereocenters. The van der Waals surface area contributed by atoms with Gasteiger partial charge >= 0.3 is 5.69 Å². The van der Waals surface area contributed by atoms with Gasteiger partial charge in [-0.25, -0.2) is 9.89 Å². The van der Waals surface area contributed by atoms with Gasteiger partial charge in [0.15, 0.2) is 6.23 Å². The highest BCUT2D eigenvalue weighted by atomic mass is 16.6. The Labute approximate surface area is 83.7 Å². The average Bonchev–Trinajstić information content (AvgIpc) is 2.74. The molecule has 0 radical (unpaired) electrons. The van der Waals surface area contributed by atoms with Crippen LogP contribution in [0.5, 0.6) is 0 Å². The van der Waals surface area contributed by atoms with Gasteiger partial charge in [-0.05, 0) is 0 Å². The van der Waals surface area contributed by atoms with E-state index in [1.807, 2.05) is 0 Å². The monoisotopic (exact) mass is 217 g/mol. The summed E-state index contributed by atoms with van der Waals surface area (Å²) in [5, 5.41) is 33.4. The first kappa shape index (κ1) is 10.3. The zero-order chi connectivity index (χ0) is 11.0. The van der Waals surface area contributed by atoms with Gasteiger partial charge in [0.2, 0.25) is 0 Å². The minimum Gasteiger partial charge on any atom is -0.394 e. The van der Waals surface area contributed by atoms with Gasteiger partial charge in [0, 0.05) is 0 Å². The van der Waals surface area contributed by atoms with E-state index < -0.39 is 36.8 Å². The number of aliphatic hydroxyl groups is 3. The van der Waals surface area contributed by atoms with E-state index in [-0.39, 0.29) is 0 Å². The van der Waals surface area contributed by atoms with Crippen LogP contribution < -0.4 is 5.69 Å². The Kier molecular flexibility index (Phi) is 2.57. The first-order chi connectivity index (χ1) is 7.15. The first-order valence-electron chi connectivity index (χ1n) is 4.39. The molecule has 0 aliphatic carbocycles. The molecule has 84 valence electrons. The molecule has 0 amide bonds. The van der Waals surface area contributed by atoms with Gasteiger partial charge in [-0.15, -0.1) is 0 Å². The molecule has 1 saturated heterocycles. The third-order valence-electron chi connectivity index (χ3n) is 2.37. The van der Waals surface area contributed by atoms with Gasteiger partial charge in [0.25, 0.3) is 0 Å². The van der Waals surface area contributed by atoms with Gasteiger partial charge in [-0.1, -0.05) is 0 Å². The van der Waals surface area contributed by atoms with Gasteiger partial charge in [-0.2, -0.15) is 5.10 Å². The molecule has 0 spiro atoms. The van der Waals surface area contributed by atoms with Crippen molar-refractivity contribution >= 4 is 0 Å². The maximum atomic E-state index is 11.2. The van der Waals surface area contributed by atoms with Crippen molar-refractivity contribution in [3.05, 3.63) is 16.8 Å². The number of aromatic nitrogens is 3. The molecular formula is C7H11N3O5. The molecule has 1 aliphatic heterocycles. The summed E-state index contributed by atoms with van der Waals surface area (Å²) >= 11 is 0. The van der Waals surface area contributed by atoms with Gasteiger partial charge in [-0.3, -0.25) is 4.57 Å². The normalized spacial score (nSPS) is 35.9. The number of hydrogen-bond donors (Lipinski definition) is 4. The number of rotatable bonds is 2. The van der Waals surface area contributed by atoms with E-state index in [0.29, 0.717) is 0 Å². The van der Waals surface area contributed by atoms with E-state index >= 15 is 0 Å². The van der Waals surface area contributed by atoms with Crippen LogP contribution in [0, 0.1) is 0 Å². The van der Waals surface area contributed by atoms with Crippen LogP contribution >= 0.6 is 0 Å². The van der Waals surface area contributed by atoms with E-state index in [1.54, 1.807) is 0 Å². The lowest BCUT2D eigenvalue weighted by atomic mass is 10.1. The summed E-state index contributed by atoms with van der Waals surface area (Å²) in [6.45, 7) is -0.429. The number of hydrogen-bond acceptors (Lipinski definition) is 6.